The van der Waals surface area contributed by atoms with Crippen LogP contribution in [0.3, 0.4) is 0 Å². The predicted octanol–water partition coefficient (Wildman–Crippen LogP) is 6.64. The van der Waals surface area contributed by atoms with Gasteiger partial charge in [0, 0.05) is 11.4 Å². The van der Waals surface area contributed by atoms with Gasteiger partial charge in [-0.15, -0.1) is 0 Å². The van der Waals surface area contributed by atoms with Crippen LogP contribution in [-0.4, -0.2) is 7.11 Å². The van der Waals surface area contributed by atoms with E-state index in [4.69, 9.17) is 4.74 Å². The number of ether oxygens (including phenoxy) is 1. The Labute approximate surface area is 162 Å². The Bertz CT molecular complexity index is 899. The van der Waals surface area contributed by atoms with Crippen LogP contribution >= 0.6 is 0 Å². The Hall–Kier alpha value is -2.74. The van der Waals surface area contributed by atoms with Crippen molar-refractivity contribution in [3.05, 3.63) is 89.5 Å². The third kappa shape index (κ3) is 3.44. The first-order valence-electron chi connectivity index (χ1n) is 9.78. The molecular formula is C25H27NO. The number of nitrogens with zero attached hydrogens (tertiary/aromatic N) is 1. The van der Waals surface area contributed by atoms with Gasteiger partial charge in [-0.25, -0.2) is 0 Å². The molecule has 138 valence electrons. The van der Waals surface area contributed by atoms with E-state index >= 15 is 0 Å². The van der Waals surface area contributed by atoms with Gasteiger partial charge in [0.2, 0.25) is 0 Å². The minimum absolute atomic E-state index is 0.344. The third-order valence-electron chi connectivity index (χ3n) is 5.56. The fourth-order valence-electron chi connectivity index (χ4n) is 4.04. The second-order valence-electron chi connectivity index (χ2n) is 7.58. The molecule has 0 aliphatic carbocycles. The second-order valence-corrected chi connectivity index (χ2v) is 7.58. The molecule has 0 aromatic heterocycles. The lowest BCUT2D eigenvalue weighted by molar-refractivity contribution is 0.415. The van der Waals surface area contributed by atoms with Crippen LogP contribution in [0.2, 0.25) is 0 Å². The molecule has 1 aliphatic heterocycles. The van der Waals surface area contributed by atoms with Crippen LogP contribution in [-0.2, 0) is 6.42 Å². The number of anilines is 2. The van der Waals surface area contributed by atoms with Crippen molar-refractivity contribution in [1.82, 2.24) is 0 Å². The maximum absolute atomic E-state index is 5.36. The molecule has 3 aromatic rings. The van der Waals surface area contributed by atoms with Gasteiger partial charge in [0.15, 0.2) is 0 Å². The van der Waals surface area contributed by atoms with Crippen LogP contribution in [0.25, 0.3) is 0 Å². The minimum atomic E-state index is 0.344. The molecule has 1 heterocycles. The Morgan fingerprint density at radius 2 is 1.67 bits per heavy atom. The summed E-state index contributed by atoms with van der Waals surface area (Å²) in [5, 5.41) is 0. The SMILES string of the molecule is COc1ccc(N2c3ccc(C(C)C)cc3CCC2c2ccccc2)cc1. The third-order valence-corrected chi connectivity index (χ3v) is 5.56. The van der Waals surface area contributed by atoms with Crippen molar-refractivity contribution in [2.24, 2.45) is 0 Å². The molecule has 0 bridgehead atoms. The monoisotopic (exact) mass is 357 g/mol. The summed E-state index contributed by atoms with van der Waals surface area (Å²) in [6.45, 7) is 4.52. The molecule has 0 N–H and O–H groups in total. The number of hydrogen-bond acceptors (Lipinski definition) is 2. The van der Waals surface area contributed by atoms with E-state index in [2.05, 4.69) is 79.4 Å². The van der Waals surface area contributed by atoms with E-state index in [9.17, 15) is 0 Å². The molecule has 0 amide bonds. The summed E-state index contributed by atoms with van der Waals surface area (Å²) in [6.07, 6.45) is 2.23. The summed E-state index contributed by atoms with van der Waals surface area (Å²) < 4.78 is 5.36. The zero-order valence-corrected chi connectivity index (χ0v) is 16.4. The maximum Gasteiger partial charge on any atom is 0.119 e. The fraction of sp³-hybridized carbons (Fsp3) is 0.280. The lowest BCUT2D eigenvalue weighted by Crippen LogP contribution is -2.29. The van der Waals surface area contributed by atoms with Gasteiger partial charge in [0.25, 0.3) is 0 Å². The molecule has 1 atom stereocenters. The van der Waals surface area contributed by atoms with E-state index in [0.29, 0.717) is 12.0 Å². The molecule has 0 fully saturated rings. The minimum Gasteiger partial charge on any atom is -0.497 e. The molecule has 2 heteroatoms. The van der Waals surface area contributed by atoms with Gasteiger partial charge >= 0.3 is 0 Å². The van der Waals surface area contributed by atoms with E-state index in [0.717, 1.165) is 18.6 Å². The molecule has 0 saturated carbocycles. The molecule has 1 unspecified atom stereocenters. The normalized spacial score (nSPS) is 16.3. The molecule has 1 aliphatic rings. The smallest absolute Gasteiger partial charge is 0.119 e. The van der Waals surface area contributed by atoms with E-state index in [1.165, 1.54) is 28.1 Å². The van der Waals surface area contributed by atoms with Gasteiger partial charge in [-0.05, 0) is 65.8 Å². The standard InChI is InChI=1S/C25H27NO/c1-18(2)20-9-15-25-21(17-20)10-16-24(19-7-5-4-6-8-19)26(25)22-11-13-23(27-3)14-12-22/h4-9,11-15,17-18,24H,10,16H2,1-3H3. The zero-order valence-electron chi connectivity index (χ0n) is 16.4. The van der Waals surface area contributed by atoms with Crippen molar-refractivity contribution < 1.29 is 4.74 Å². The van der Waals surface area contributed by atoms with Gasteiger partial charge in [-0.1, -0.05) is 56.3 Å². The average molecular weight is 357 g/mol. The van der Waals surface area contributed by atoms with Gasteiger partial charge in [-0.2, -0.15) is 0 Å². The van der Waals surface area contributed by atoms with Crippen molar-refractivity contribution in [3.8, 4) is 5.75 Å². The summed E-state index contributed by atoms with van der Waals surface area (Å²) in [6, 6.07) is 26.6. The highest BCUT2D eigenvalue weighted by atomic mass is 16.5. The quantitative estimate of drug-likeness (QED) is 0.518. The Balaban J connectivity index is 1.82. The largest absolute Gasteiger partial charge is 0.497 e. The number of fused-ring (bicyclic) bond motifs is 1. The van der Waals surface area contributed by atoms with Gasteiger partial charge in [0.1, 0.15) is 5.75 Å². The van der Waals surface area contributed by atoms with E-state index in [1.807, 2.05) is 12.1 Å². The van der Waals surface area contributed by atoms with Crippen LogP contribution in [0, 0.1) is 0 Å². The molecule has 0 spiro atoms. The van der Waals surface area contributed by atoms with Gasteiger partial charge < -0.3 is 9.64 Å². The summed E-state index contributed by atoms with van der Waals surface area (Å²) >= 11 is 0. The number of benzene rings is 3. The highest BCUT2D eigenvalue weighted by Crippen LogP contribution is 2.44. The summed E-state index contributed by atoms with van der Waals surface area (Å²) in [7, 11) is 1.71. The molecular weight excluding hydrogens is 330 g/mol. The lowest BCUT2D eigenvalue weighted by atomic mass is 9.88. The van der Waals surface area contributed by atoms with Crippen LogP contribution in [0.4, 0.5) is 11.4 Å². The van der Waals surface area contributed by atoms with E-state index in [-0.39, 0.29) is 0 Å². The van der Waals surface area contributed by atoms with E-state index in [1.54, 1.807) is 7.11 Å². The molecule has 4 rings (SSSR count). The molecule has 2 nitrogen and oxygen atoms in total. The summed E-state index contributed by atoms with van der Waals surface area (Å²) in [5.41, 5.74) is 6.77. The lowest BCUT2D eigenvalue weighted by Gasteiger charge is -2.39. The highest BCUT2D eigenvalue weighted by Gasteiger charge is 2.29. The van der Waals surface area contributed by atoms with Crippen molar-refractivity contribution in [3.63, 3.8) is 0 Å². The van der Waals surface area contributed by atoms with Crippen LogP contribution in [0.15, 0.2) is 72.8 Å². The molecule has 0 saturated heterocycles. The van der Waals surface area contributed by atoms with E-state index < -0.39 is 0 Å². The number of methoxy groups -OCH3 is 1. The van der Waals surface area contributed by atoms with Crippen LogP contribution in [0.1, 0.15) is 48.9 Å². The Morgan fingerprint density at radius 3 is 2.33 bits per heavy atom. The molecule has 0 radical (unpaired) electrons. The first kappa shape index (κ1) is 17.7. The highest BCUT2D eigenvalue weighted by molar-refractivity contribution is 5.70. The van der Waals surface area contributed by atoms with Crippen molar-refractivity contribution in [2.45, 2.75) is 38.6 Å². The Kier molecular flexibility index (Phi) is 4.89. The fourth-order valence-corrected chi connectivity index (χ4v) is 4.04. The number of hydrogen-bond donors (Lipinski definition) is 0. The number of aryl methyl sites for hydroxylation is 1. The summed E-state index contributed by atoms with van der Waals surface area (Å²) in [4.78, 5) is 2.50. The second kappa shape index (κ2) is 7.48. The maximum atomic E-state index is 5.36. The molecule has 27 heavy (non-hydrogen) atoms. The average Bonchev–Trinajstić information content (AvgIpc) is 2.73. The van der Waals surface area contributed by atoms with Gasteiger partial charge in [0.05, 0.1) is 13.2 Å². The zero-order chi connectivity index (χ0) is 18.8. The first-order chi connectivity index (χ1) is 13.2. The van der Waals surface area contributed by atoms with Crippen molar-refractivity contribution >= 4 is 11.4 Å². The summed E-state index contributed by atoms with van der Waals surface area (Å²) in [5.74, 6) is 1.44. The van der Waals surface area contributed by atoms with Crippen LogP contribution in [0.5, 0.6) is 5.75 Å². The Morgan fingerprint density at radius 1 is 0.926 bits per heavy atom. The van der Waals surface area contributed by atoms with Crippen molar-refractivity contribution in [1.29, 1.82) is 0 Å². The topological polar surface area (TPSA) is 12.5 Å². The molecule has 3 aromatic carbocycles. The first-order valence-corrected chi connectivity index (χ1v) is 9.78. The van der Waals surface area contributed by atoms with Crippen molar-refractivity contribution in [2.75, 3.05) is 12.0 Å². The predicted molar refractivity (Wildman–Crippen MR) is 113 cm³/mol. The van der Waals surface area contributed by atoms with Crippen LogP contribution < -0.4 is 9.64 Å². The number of rotatable bonds is 4. The van der Waals surface area contributed by atoms with Gasteiger partial charge in [-0.3, -0.25) is 0 Å².